The molecule has 1 aromatic carbocycles. The second-order valence-corrected chi connectivity index (χ2v) is 4.42. The summed E-state index contributed by atoms with van der Waals surface area (Å²) in [4.78, 5) is 12.4. The molecule has 1 atom stereocenters. The summed E-state index contributed by atoms with van der Waals surface area (Å²) in [5.74, 6) is 0. The van der Waals surface area contributed by atoms with E-state index >= 15 is 0 Å². The minimum atomic E-state index is -0.470. The van der Waals surface area contributed by atoms with Gasteiger partial charge < -0.3 is 16.0 Å². The van der Waals surface area contributed by atoms with Crippen LogP contribution in [0.1, 0.15) is 6.42 Å². The molecule has 1 aliphatic rings. The average Bonchev–Trinajstić information content (AvgIpc) is 2.63. The molecule has 1 aromatic rings. The van der Waals surface area contributed by atoms with Crippen molar-refractivity contribution in [3.05, 3.63) is 28.3 Å². The number of nitrogens with one attached hydrogen (secondary N) is 1. The number of nitrogens with zero attached hydrogens (tertiary/aromatic N) is 2. The second-order valence-electron chi connectivity index (χ2n) is 4.42. The normalized spacial score (nSPS) is 20.4. The maximum absolute atomic E-state index is 10.6. The van der Waals surface area contributed by atoms with Crippen molar-refractivity contribution in [2.24, 2.45) is 0 Å². The van der Waals surface area contributed by atoms with Crippen molar-refractivity contribution in [1.29, 1.82) is 0 Å². The van der Waals surface area contributed by atoms with Crippen molar-refractivity contribution in [1.82, 2.24) is 4.90 Å². The molecule has 2 rings (SSSR count). The fraction of sp³-hybridized carbons (Fsp3) is 0.455. The number of benzene rings is 1. The highest BCUT2D eigenvalue weighted by Crippen LogP contribution is 2.25. The Bertz CT molecular complexity index is 435. The van der Waals surface area contributed by atoms with Crippen LogP contribution >= 0.6 is 0 Å². The molecule has 17 heavy (non-hydrogen) atoms. The van der Waals surface area contributed by atoms with Crippen LogP contribution in [-0.2, 0) is 0 Å². The van der Waals surface area contributed by atoms with Crippen molar-refractivity contribution in [2.75, 3.05) is 31.2 Å². The summed E-state index contributed by atoms with van der Waals surface area (Å²) in [5.41, 5.74) is 6.63. The largest absolute Gasteiger partial charge is 0.393 e. The van der Waals surface area contributed by atoms with Crippen molar-refractivity contribution in [3.63, 3.8) is 0 Å². The Kier molecular flexibility index (Phi) is 3.14. The fourth-order valence-electron chi connectivity index (χ4n) is 2.10. The van der Waals surface area contributed by atoms with Gasteiger partial charge in [0, 0.05) is 24.3 Å². The Morgan fingerprint density at radius 2 is 2.35 bits per heavy atom. The van der Waals surface area contributed by atoms with E-state index < -0.39 is 4.92 Å². The molecule has 0 aliphatic carbocycles. The van der Waals surface area contributed by atoms with E-state index in [1.807, 2.05) is 0 Å². The summed E-state index contributed by atoms with van der Waals surface area (Å²) in [6, 6.07) is 5.15. The number of nitrogens with two attached hydrogens (primary N) is 1. The van der Waals surface area contributed by atoms with E-state index in [1.165, 1.54) is 6.07 Å². The van der Waals surface area contributed by atoms with Crippen LogP contribution in [0.3, 0.4) is 0 Å². The molecule has 1 fully saturated rings. The van der Waals surface area contributed by atoms with Crippen LogP contribution in [0.4, 0.5) is 17.1 Å². The number of rotatable bonds is 3. The molecule has 1 aliphatic heterocycles. The van der Waals surface area contributed by atoms with Gasteiger partial charge in [0.15, 0.2) is 0 Å². The van der Waals surface area contributed by atoms with E-state index in [0.29, 0.717) is 6.04 Å². The third kappa shape index (κ3) is 2.65. The zero-order valence-electron chi connectivity index (χ0n) is 9.72. The first-order valence-electron chi connectivity index (χ1n) is 5.55. The van der Waals surface area contributed by atoms with Gasteiger partial charge >= 0.3 is 0 Å². The predicted octanol–water partition coefficient (Wildman–Crippen LogP) is 1.29. The summed E-state index contributed by atoms with van der Waals surface area (Å²) >= 11 is 0. The Labute approximate surface area is 99.6 Å². The van der Waals surface area contributed by atoms with Gasteiger partial charge in [0.1, 0.15) is 5.69 Å². The van der Waals surface area contributed by atoms with Gasteiger partial charge in [0.05, 0.1) is 4.92 Å². The SMILES string of the molecule is CN1CCC(Nc2ccc([N+](=O)[O-])c(N)c2)C1. The zero-order valence-corrected chi connectivity index (χ0v) is 9.72. The van der Waals surface area contributed by atoms with Gasteiger partial charge in [0.25, 0.3) is 5.69 Å². The van der Waals surface area contributed by atoms with Crippen LogP contribution in [0, 0.1) is 10.1 Å². The van der Waals surface area contributed by atoms with Crippen LogP contribution < -0.4 is 11.1 Å². The second kappa shape index (κ2) is 4.58. The van der Waals surface area contributed by atoms with E-state index in [2.05, 4.69) is 17.3 Å². The maximum Gasteiger partial charge on any atom is 0.292 e. The highest BCUT2D eigenvalue weighted by molar-refractivity contribution is 5.66. The lowest BCUT2D eigenvalue weighted by molar-refractivity contribution is -0.383. The van der Waals surface area contributed by atoms with Gasteiger partial charge in [-0.25, -0.2) is 0 Å². The van der Waals surface area contributed by atoms with E-state index in [1.54, 1.807) is 12.1 Å². The summed E-state index contributed by atoms with van der Waals surface area (Å²) in [7, 11) is 2.08. The van der Waals surface area contributed by atoms with Crippen LogP contribution in [0.2, 0.25) is 0 Å². The first-order chi connectivity index (χ1) is 8.06. The first-order valence-corrected chi connectivity index (χ1v) is 5.55. The Morgan fingerprint density at radius 1 is 1.59 bits per heavy atom. The number of nitro groups is 1. The molecule has 92 valence electrons. The predicted molar refractivity (Wildman–Crippen MR) is 67.0 cm³/mol. The summed E-state index contributed by atoms with van der Waals surface area (Å²) in [6.45, 7) is 2.05. The van der Waals surface area contributed by atoms with Crippen LogP contribution in [-0.4, -0.2) is 36.0 Å². The van der Waals surface area contributed by atoms with Gasteiger partial charge in [-0.15, -0.1) is 0 Å². The standard InChI is InChI=1S/C11H16N4O2/c1-14-5-4-9(7-14)13-8-2-3-11(15(16)17)10(12)6-8/h2-3,6,9,13H,4-5,7,12H2,1H3. The fourth-order valence-corrected chi connectivity index (χ4v) is 2.10. The van der Waals surface area contributed by atoms with Crippen molar-refractivity contribution < 1.29 is 4.92 Å². The lowest BCUT2D eigenvalue weighted by atomic mass is 10.2. The van der Waals surface area contributed by atoms with E-state index in [-0.39, 0.29) is 11.4 Å². The minimum Gasteiger partial charge on any atom is -0.393 e. The Balaban J connectivity index is 2.07. The van der Waals surface area contributed by atoms with Gasteiger partial charge in [-0.3, -0.25) is 10.1 Å². The van der Waals surface area contributed by atoms with Crippen LogP contribution in [0.5, 0.6) is 0 Å². The molecular weight excluding hydrogens is 220 g/mol. The molecule has 0 spiro atoms. The topological polar surface area (TPSA) is 84.4 Å². The molecule has 0 bridgehead atoms. The molecule has 0 saturated carbocycles. The quantitative estimate of drug-likeness (QED) is 0.469. The lowest BCUT2D eigenvalue weighted by Gasteiger charge is -2.14. The number of anilines is 2. The molecule has 0 radical (unpaired) electrons. The van der Waals surface area contributed by atoms with Crippen LogP contribution in [0.15, 0.2) is 18.2 Å². The molecule has 1 saturated heterocycles. The average molecular weight is 236 g/mol. The summed E-state index contributed by atoms with van der Waals surface area (Å²) in [6.07, 6.45) is 1.08. The van der Waals surface area contributed by atoms with Gasteiger partial charge in [0.2, 0.25) is 0 Å². The maximum atomic E-state index is 10.6. The molecule has 6 nitrogen and oxygen atoms in total. The van der Waals surface area contributed by atoms with E-state index in [4.69, 9.17) is 5.73 Å². The molecule has 1 unspecified atom stereocenters. The minimum absolute atomic E-state index is 0.0425. The van der Waals surface area contributed by atoms with Gasteiger partial charge in [-0.2, -0.15) is 0 Å². The molecule has 1 heterocycles. The Morgan fingerprint density at radius 3 is 2.88 bits per heavy atom. The molecule has 6 heteroatoms. The van der Waals surface area contributed by atoms with E-state index in [0.717, 1.165) is 25.2 Å². The summed E-state index contributed by atoms with van der Waals surface area (Å²) in [5, 5.41) is 14.0. The molecular formula is C11H16N4O2. The van der Waals surface area contributed by atoms with Crippen molar-refractivity contribution >= 4 is 17.1 Å². The first kappa shape index (κ1) is 11.7. The number of likely N-dealkylation sites (N-methyl/N-ethyl adjacent to an activating group) is 1. The smallest absolute Gasteiger partial charge is 0.292 e. The van der Waals surface area contributed by atoms with Crippen molar-refractivity contribution in [2.45, 2.75) is 12.5 Å². The number of hydrogen-bond acceptors (Lipinski definition) is 5. The Hall–Kier alpha value is -1.82. The molecule has 3 N–H and O–H groups in total. The zero-order chi connectivity index (χ0) is 12.4. The van der Waals surface area contributed by atoms with E-state index in [9.17, 15) is 10.1 Å². The third-order valence-electron chi connectivity index (χ3n) is 2.99. The lowest BCUT2D eigenvalue weighted by Crippen LogP contribution is -2.23. The number of likely N-dealkylation sites (tertiary alicyclic amines) is 1. The molecule has 0 amide bonds. The number of nitrogen functional groups attached to an aromatic ring is 1. The highest BCUT2D eigenvalue weighted by Gasteiger charge is 2.19. The van der Waals surface area contributed by atoms with Gasteiger partial charge in [-0.05, 0) is 32.1 Å². The highest BCUT2D eigenvalue weighted by atomic mass is 16.6. The monoisotopic (exact) mass is 236 g/mol. The van der Waals surface area contributed by atoms with Crippen LogP contribution in [0.25, 0.3) is 0 Å². The molecule has 0 aromatic heterocycles. The van der Waals surface area contributed by atoms with Gasteiger partial charge in [-0.1, -0.05) is 0 Å². The number of hydrogen-bond donors (Lipinski definition) is 2. The number of nitro benzene ring substituents is 1. The van der Waals surface area contributed by atoms with Crippen molar-refractivity contribution in [3.8, 4) is 0 Å². The third-order valence-corrected chi connectivity index (χ3v) is 2.99. The summed E-state index contributed by atoms with van der Waals surface area (Å²) < 4.78 is 0.